The van der Waals surface area contributed by atoms with Crippen LogP contribution in [-0.4, -0.2) is 21.5 Å². The second-order valence-electron chi connectivity index (χ2n) is 3.94. The zero-order chi connectivity index (χ0) is 15.9. The second-order valence-corrected chi connectivity index (χ2v) is 5.50. The number of primary sulfonamides is 1. The Kier molecular flexibility index (Phi) is 5.89. The molecule has 0 aliphatic heterocycles. The highest BCUT2D eigenvalue weighted by Gasteiger charge is 2.06. The fraction of sp³-hybridized carbons (Fsp3) is 0.0714. The maximum absolute atomic E-state index is 10.9. The van der Waals surface area contributed by atoms with Crippen LogP contribution < -0.4 is 10.9 Å². The minimum absolute atomic E-state index is 0.148. The summed E-state index contributed by atoms with van der Waals surface area (Å²) in [4.78, 5) is 11.1. The van der Waals surface area contributed by atoms with Crippen molar-refractivity contribution in [2.75, 3.05) is 12.8 Å². The standard InChI is InChI=1S/C8H9NO2.C6H7NO2S/c1-11-8(10)6-4-2-3-5-7(6)9;7-10(8,9)6-4-2-1-3-5-6/h2-5H,9H2,1H3;1-5H,(H2,7,8,9). The Labute approximate surface area is 123 Å². The van der Waals surface area contributed by atoms with Crippen LogP contribution in [-0.2, 0) is 14.8 Å². The number of benzene rings is 2. The molecule has 0 unspecified atom stereocenters. The van der Waals surface area contributed by atoms with E-state index in [9.17, 15) is 13.2 Å². The van der Waals surface area contributed by atoms with Crippen LogP contribution in [0.5, 0.6) is 0 Å². The van der Waals surface area contributed by atoms with Gasteiger partial charge in [-0.3, -0.25) is 0 Å². The monoisotopic (exact) mass is 308 g/mol. The number of carbonyl (C=O) groups excluding carboxylic acids is 1. The molecule has 2 aromatic carbocycles. The topological polar surface area (TPSA) is 112 Å². The Balaban J connectivity index is 0.000000211. The summed E-state index contributed by atoms with van der Waals surface area (Å²) < 4.78 is 25.7. The minimum atomic E-state index is -3.50. The average molecular weight is 308 g/mol. The first kappa shape index (κ1) is 16.7. The molecule has 0 amide bonds. The number of esters is 1. The summed E-state index contributed by atoms with van der Waals surface area (Å²) in [7, 11) is -2.17. The van der Waals surface area contributed by atoms with Crippen molar-refractivity contribution < 1.29 is 17.9 Å². The highest BCUT2D eigenvalue weighted by atomic mass is 32.2. The van der Waals surface area contributed by atoms with Gasteiger partial charge in [0.2, 0.25) is 10.0 Å². The highest BCUT2D eigenvalue weighted by Crippen LogP contribution is 2.10. The van der Waals surface area contributed by atoms with Crippen LogP contribution in [0.15, 0.2) is 59.5 Å². The first-order chi connectivity index (χ1) is 9.86. The Bertz CT molecular complexity index is 700. The van der Waals surface area contributed by atoms with Crippen LogP contribution in [0.1, 0.15) is 10.4 Å². The van der Waals surface area contributed by atoms with Gasteiger partial charge in [0.1, 0.15) is 0 Å². The summed E-state index contributed by atoms with van der Waals surface area (Å²) in [6.07, 6.45) is 0. The molecule has 0 radical (unpaired) electrons. The average Bonchev–Trinajstić information content (AvgIpc) is 2.48. The number of rotatable bonds is 2. The van der Waals surface area contributed by atoms with Crippen molar-refractivity contribution in [2.45, 2.75) is 4.90 Å². The summed E-state index contributed by atoms with van der Waals surface area (Å²) in [5.41, 5.74) is 6.35. The van der Waals surface area contributed by atoms with E-state index < -0.39 is 16.0 Å². The molecule has 0 heterocycles. The Morgan fingerprint density at radius 2 is 1.52 bits per heavy atom. The molecule has 112 valence electrons. The van der Waals surface area contributed by atoms with Crippen LogP contribution in [0.2, 0.25) is 0 Å². The van der Waals surface area contributed by atoms with Crippen LogP contribution in [0.4, 0.5) is 5.69 Å². The van der Waals surface area contributed by atoms with Crippen molar-refractivity contribution in [2.24, 2.45) is 5.14 Å². The summed E-state index contributed by atoms with van der Waals surface area (Å²) in [5.74, 6) is -0.400. The molecule has 0 atom stereocenters. The van der Waals surface area contributed by atoms with Gasteiger partial charge in [-0.25, -0.2) is 18.4 Å². The number of nitrogen functional groups attached to an aromatic ring is 1. The van der Waals surface area contributed by atoms with Crippen molar-refractivity contribution in [1.29, 1.82) is 0 Å². The normalized spacial score (nSPS) is 10.2. The molecule has 0 aliphatic carbocycles. The van der Waals surface area contributed by atoms with Crippen molar-refractivity contribution in [1.82, 2.24) is 0 Å². The van der Waals surface area contributed by atoms with Gasteiger partial charge >= 0.3 is 5.97 Å². The van der Waals surface area contributed by atoms with Gasteiger partial charge in [-0.05, 0) is 24.3 Å². The van der Waals surface area contributed by atoms with E-state index in [1.807, 2.05) is 0 Å². The van der Waals surface area contributed by atoms with Crippen LogP contribution in [0.3, 0.4) is 0 Å². The van der Waals surface area contributed by atoms with E-state index in [4.69, 9.17) is 10.9 Å². The van der Waals surface area contributed by atoms with Gasteiger partial charge in [-0.15, -0.1) is 0 Å². The molecule has 2 aromatic rings. The second kappa shape index (κ2) is 7.41. The fourth-order valence-corrected chi connectivity index (χ4v) is 1.94. The number of anilines is 1. The number of hydrogen-bond acceptors (Lipinski definition) is 5. The highest BCUT2D eigenvalue weighted by molar-refractivity contribution is 7.89. The van der Waals surface area contributed by atoms with E-state index in [1.54, 1.807) is 42.5 Å². The molecule has 0 saturated carbocycles. The number of methoxy groups -OCH3 is 1. The minimum Gasteiger partial charge on any atom is -0.465 e. The molecule has 0 bridgehead atoms. The Hall–Kier alpha value is -2.38. The predicted octanol–water partition coefficient (Wildman–Crippen LogP) is 1.39. The quantitative estimate of drug-likeness (QED) is 0.643. The Morgan fingerprint density at radius 1 is 1.00 bits per heavy atom. The van der Waals surface area contributed by atoms with Gasteiger partial charge < -0.3 is 10.5 Å². The van der Waals surface area contributed by atoms with E-state index in [-0.39, 0.29) is 4.90 Å². The number of para-hydroxylation sites is 1. The largest absolute Gasteiger partial charge is 0.465 e. The molecule has 0 aromatic heterocycles. The lowest BCUT2D eigenvalue weighted by atomic mass is 10.2. The predicted molar refractivity (Wildman–Crippen MR) is 80.0 cm³/mol. The van der Waals surface area contributed by atoms with E-state index in [1.165, 1.54) is 19.2 Å². The molecule has 4 N–H and O–H groups in total. The van der Waals surface area contributed by atoms with Gasteiger partial charge in [0.05, 0.1) is 17.6 Å². The van der Waals surface area contributed by atoms with Gasteiger partial charge in [-0.1, -0.05) is 30.3 Å². The molecular weight excluding hydrogens is 292 g/mol. The molecule has 0 fully saturated rings. The van der Waals surface area contributed by atoms with Crippen molar-refractivity contribution in [3.05, 3.63) is 60.2 Å². The molecule has 21 heavy (non-hydrogen) atoms. The molecule has 6 nitrogen and oxygen atoms in total. The maximum atomic E-state index is 10.9. The van der Waals surface area contributed by atoms with Gasteiger partial charge in [0.25, 0.3) is 0 Å². The van der Waals surface area contributed by atoms with Crippen molar-refractivity contribution >= 4 is 21.7 Å². The van der Waals surface area contributed by atoms with Crippen molar-refractivity contribution in [3.8, 4) is 0 Å². The van der Waals surface area contributed by atoms with Crippen molar-refractivity contribution in [3.63, 3.8) is 0 Å². The lowest BCUT2D eigenvalue weighted by Crippen LogP contribution is -2.11. The number of carbonyl (C=O) groups is 1. The molecule has 0 spiro atoms. The summed E-state index contributed by atoms with van der Waals surface area (Å²) >= 11 is 0. The molecule has 7 heteroatoms. The van der Waals surface area contributed by atoms with Crippen LogP contribution in [0, 0.1) is 0 Å². The summed E-state index contributed by atoms with van der Waals surface area (Å²) in [6.45, 7) is 0. The van der Waals surface area contributed by atoms with Gasteiger partial charge in [0, 0.05) is 5.69 Å². The third-order valence-corrected chi connectivity index (χ3v) is 3.37. The number of ether oxygens (including phenoxy) is 1. The van der Waals surface area contributed by atoms with Crippen LogP contribution >= 0.6 is 0 Å². The first-order valence-corrected chi connectivity index (χ1v) is 7.41. The smallest absolute Gasteiger partial charge is 0.339 e. The lowest BCUT2D eigenvalue weighted by Gasteiger charge is -2.00. The van der Waals surface area contributed by atoms with E-state index >= 15 is 0 Å². The molecule has 2 rings (SSSR count). The first-order valence-electron chi connectivity index (χ1n) is 5.87. The summed E-state index contributed by atoms with van der Waals surface area (Å²) in [6, 6.07) is 14.7. The fourth-order valence-electron chi connectivity index (χ4n) is 1.40. The SMILES string of the molecule is COC(=O)c1ccccc1N.NS(=O)(=O)c1ccccc1. The van der Waals surface area contributed by atoms with Crippen LogP contribution in [0.25, 0.3) is 0 Å². The Morgan fingerprint density at radius 3 is 1.95 bits per heavy atom. The van der Waals surface area contributed by atoms with E-state index in [2.05, 4.69) is 4.74 Å². The number of sulfonamides is 1. The number of hydrogen-bond donors (Lipinski definition) is 2. The zero-order valence-corrected chi connectivity index (χ0v) is 12.2. The molecular formula is C14H16N2O4S. The molecule has 0 saturated heterocycles. The zero-order valence-electron chi connectivity index (χ0n) is 11.4. The number of nitrogens with two attached hydrogens (primary N) is 2. The summed E-state index contributed by atoms with van der Waals surface area (Å²) in [5, 5.41) is 4.83. The molecule has 0 aliphatic rings. The maximum Gasteiger partial charge on any atom is 0.339 e. The van der Waals surface area contributed by atoms with E-state index in [0.29, 0.717) is 11.3 Å². The lowest BCUT2D eigenvalue weighted by molar-refractivity contribution is 0.0602. The van der Waals surface area contributed by atoms with Gasteiger partial charge in [0.15, 0.2) is 0 Å². The van der Waals surface area contributed by atoms with E-state index in [0.717, 1.165) is 0 Å². The third kappa shape index (κ3) is 5.25. The third-order valence-electron chi connectivity index (χ3n) is 2.44. The van der Waals surface area contributed by atoms with Gasteiger partial charge in [-0.2, -0.15) is 0 Å².